The smallest absolute Gasteiger partial charge is 0.407 e. The molecule has 0 saturated carbocycles. The van der Waals surface area contributed by atoms with Gasteiger partial charge in [0.1, 0.15) is 11.4 Å². The van der Waals surface area contributed by atoms with E-state index in [4.69, 9.17) is 21.1 Å². The minimum absolute atomic E-state index is 0.426. The highest BCUT2D eigenvalue weighted by Gasteiger charge is 2.15. The Morgan fingerprint density at radius 2 is 2.10 bits per heavy atom. The molecule has 0 heterocycles. The number of carbonyl (C=O) groups excluding carboxylic acids is 1. The van der Waals surface area contributed by atoms with Crippen LogP contribution in [0.25, 0.3) is 0 Å². The highest BCUT2D eigenvalue weighted by molar-refractivity contribution is 6.31. The number of ether oxygens (including phenoxy) is 2. The summed E-state index contributed by atoms with van der Waals surface area (Å²) in [6.07, 6.45) is 0.0773. The largest absolute Gasteiger partial charge is 0.497 e. The number of rotatable bonds is 3. The van der Waals surface area contributed by atoms with Gasteiger partial charge >= 0.3 is 6.09 Å². The van der Waals surface area contributed by atoms with Gasteiger partial charge in [0, 0.05) is 18.5 Å². The molecule has 5 heteroatoms. The fourth-order valence-corrected chi connectivity index (χ4v) is 1.64. The summed E-state index contributed by atoms with van der Waals surface area (Å²) in [5.41, 5.74) is 0.238. The first-order chi connectivity index (χ1) is 9.81. The monoisotopic (exact) mass is 309 g/mol. The summed E-state index contributed by atoms with van der Waals surface area (Å²) in [4.78, 5) is 11.4. The molecule has 1 rings (SSSR count). The average Bonchev–Trinajstić information content (AvgIpc) is 2.37. The van der Waals surface area contributed by atoms with Crippen LogP contribution in [0.1, 0.15) is 32.8 Å². The Labute approximate surface area is 130 Å². The second-order valence-corrected chi connectivity index (χ2v) is 5.73. The molecule has 1 amide bonds. The van der Waals surface area contributed by atoms with E-state index in [0.717, 1.165) is 5.56 Å². The van der Waals surface area contributed by atoms with Gasteiger partial charge in [-0.3, -0.25) is 0 Å². The first-order valence-corrected chi connectivity index (χ1v) is 6.99. The van der Waals surface area contributed by atoms with Crippen LogP contribution < -0.4 is 10.1 Å². The van der Waals surface area contributed by atoms with Crippen molar-refractivity contribution in [3.05, 3.63) is 28.8 Å². The van der Waals surface area contributed by atoms with Crippen LogP contribution in [0.15, 0.2) is 18.2 Å². The Balaban J connectivity index is 2.42. The van der Waals surface area contributed by atoms with Crippen molar-refractivity contribution in [3.63, 3.8) is 0 Å². The summed E-state index contributed by atoms with van der Waals surface area (Å²) in [5, 5.41) is 3.19. The van der Waals surface area contributed by atoms with E-state index in [2.05, 4.69) is 17.2 Å². The number of hydrogen-bond donors (Lipinski definition) is 1. The topological polar surface area (TPSA) is 47.6 Å². The first-order valence-electron chi connectivity index (χ1n) is 6.61. The van der Waals surface area contributed by atoms with Gasteiger partial charge in [0.2, 0.25) is 0 Å². The standard InChI is InChI=1S/C16H20ClNO3/c1-16(2,3)21-15(19)18-10-6-5-7-12-8-9-13(20-4)11-14(12)17/h8-9,11H,6,10H2,1-4H3,(H,18,19). The molecule has 0 aromatic heterocycles. The number of nitrogens with one attached hydrogen (secondary N) is 1. The van der Waals surface area contributed by atoms with Crippen LogP contribution in [0.4, 0.5) is 4.79 Å². The fraction of sp³-hybridized carbons (Fsp3) is 0.438. The summed E-state index contributed by atoms with van der Waals surface area (Å²) in [6, 6.07) is 5.31. The Hall–Kier alpha value is -1.86. The molecule has 0 unspecified atom stereocenters. The maximum Gasteiger partial charge on any atom is 0.407 e. The molecule has 0 atom stereocenters. The lowest BCUT2D eigenvalue weighted by atomic mass is 10.2. The van der Waals surface area contributed by atoms with Gasteiger partial charge in [-0.1, -0.05) is 23.4 Å². The number of halogens is 1. The van der Waals surface area contributed by atoms with Crippen molar-refractivity contribution in [1.82, 2.24) is 5.32 Å². The van der Waals surface area contributed by atoms with Crippen molar-refractivity contribution in [2.45, 2.75) is 32.8 Å². The molecule has 0 aliphatic rings. The zero-order chi connectivity index (χ0) is 15.9. The minimum Gasteiger partial charge on any atom is -0.497 e. The summed E-state index contributed by atoms with van der Waals surface area (Å²) in [5.74, 6) is 6.60. The zero-order valence-corrected chi connectivity index (χ0v) is 13.5. The van der Waals surface area contributed by atoms with E-state index >= 15 is 0 Å². The van der Waals surface area contributed by atoms with Crippen LogP contribution in [-0.2, 0) is 4.74 Å². The fourth-order valence-electron chi connectivity index (χ4n) is 1.42. The van der Waals surface area contributed by atoms with Crippen LogP contribution in [0.3, 0.4) is 0 Å². The molecule has 1 N–H and O–H groups in total. The predicted molar refractivity (Wildman–Crippen MR) is 83.7 cm³/mol. The molecule has 1 aromatic carbocycles. The summed E-state index contributed by atoms with van der Waals surface area (Å²) in [6.45, 7) is 5.88. The summed E-state index contributed by atoms with van der Waals surface area (Å²) in [7, 11) is 1.58. The lowest BCUT2D eigenvalue weighted by molar-refractivity contribution is 0.0529. The second-order valence-electron chi connectivity index (χ2n) is 5.33. The van der Waals surface area contributed by atoms with Gasteiger partial charge in [0.15, 0.2) is 0 Å². The lowest BCUT2D eigenvalue weighted by Gasteiger charge is -2.19. The van der Waals surface area contributed by atoms with E-state index < -0.39 is 11.7 Å². The van der Waals surface area contributed by atoms with Crippen LogP contribution >= 0.6 is 11.6 Å². The van der Waals surface area contributed by atoms with Gasteiger partial charge in [-0.05, 0) is 39.0 Å². The van der Waals surface area contributed by atoms with Crippen LogP contribution in [0.2, 0.25) is 5.02 Å². The number of carbonyl (C=O) groups is 1. The Morgan fingerprint density at radius 1 is 1.38 bits per heavy atom. The van der Waals surface area contributed by atoms with Crippen molar-refractivity contribution in [2.75, 3.05) is 13.7 Å². The first kappa shape index (κ1) is 17.2. The molecular weight excluding hydrogens is 290 g/mol. The molecule has 0 aliphatic carbocycles. The Morgan fingerprint density at radius 3 is 2.67 bits per heavy atom. The van der Waals surface area contributed by atoms with Gasteiger partial charge < -0.3 is 14.8 Å². The molecule has 0 saturated heterocycles. The Kier molecular flexibility index (Phi) is 6.39. The highest BCUT2D eigenvalue weighted by atomic mass is 35.5. The van der Waals surface area contributed by atoms with Gasteiger partial charge in [-0.2, -0.15) is 0 Å². The zero-order valence-electron chi connectivity index (χ0n) is 12.7. The van der Waals surface area contributed by atoms with E-state index in [1.54, 1.807) is 25.3 Å². The van der Waals surface area contributed by atoms with Gasteiger partial charge in [0.05, 0.1) is 12.1 Å². The van der Waals surface area contributed by atoms with Gasteiger partial charge in [-0.25, -0.2) is 4.79 Å². The van der Waals surface area contributed by atoms with Crippen LogP contribution in [0.5, 0.6) is 5.75 Å². The summed E-state index contributed by atoms with van der Waals surface area (Å²) >= 11 is 6.07. The molecular formula is C16H20ClNO3. The van der Waals surface area contributed by atoms with Gasteiger partial charge in [0.25, 0.3) is 0 Å². The van der Waals surface area contributed by atoms with Crippen molar-refractivity contribution in [3.8, 4) is 17.6 Å². The number of hydrogen-bond acceptors (Lipinski definition) is 3. The molecule has 1 aromatic rings. The highest BCUT2D eigenvalue weighted by Crippen LogP contribution is 2.21. The number of alkyl carbamates (subject to hydrolysis) is 1. The van der Waals surface area contributed by atoms with Crippen molar-refractivity contribution in [1.29, 1.82) is 0 Å². The number of methoxy groups -OCH3 is 1. The SMILES string of the molecule is COc1ccc(C#CCCNC(=O)OC(C)(C)C)c(Cl)c1. The summed E-state index contributed by atoms with van der Waals surface area (Å²) < 4.78 is 10.2. The molecule has 0 aliphatic heterocycles. The molecule has 114 valence electrons. The molecule has 21 heavy (non-hydrogen) atoms. The minimum atomic E-state index is -0.494. The maximum absolute atomic E-state index is 11.4. The Bertz CT molecular complexity index is 553. The lowest BCUT2D eigenvalue weighted by Crippen LogP contribution is -2.32. The van der Waals surface area contributed by atoms with Crippen LogP contribution in [0, 0.1) is 11.8 Å². The second kappa shape index (κ2) is 7.80. The van der Waals surface area contributed by atoms with E-state index in [0.29, 0.717) is 23.7 Å². The number of benzene rings is 1. The van der Waals surface area contributed by atoms with Crippen molar-refractivity contribution in [2.24, 2.45) is 0 Å². The number of amides is 1. The third kappa shape index (κ3) is 6.92. The van der Waals surface area contributed by atoms with Crippen molar-refractivity contribution < 1.29 is 14.3 Å². The van der Waals surface area contributed by atoms with E-state index in [9.17, 15) is 4.79 Å². The molecule has 4 nitrogen and oxygen atoms in total. The normalized spacial score (nSPS) is 10.3. The maximum atomic E-state index is 11.4. The van der Waals surface area contributed by atoms with Gasteiger partial charge in [-0.15, -0.1) is 0 Å². The third-order valence-electron chi connectivity index (χ3n) is 2.32. The van der Waals surface area contributed by atoms with Crippen LogP contribution in [-0.4, -0.2) is 25.3 Å². The van der Waals surface area contributed by atoms with E-state index in [1.165, 1.54) is 0 Å². The predicted octanol–water partition coefficient (Wildman–Crippen LogP) is 3.61. The molecule has 0 fully saturated rings. The van der Waals surface area contributed by atoms with E-state index in [1.807, 2.05) is 20.8 Å². The third-order valence-corrected chi connectivity index (χ3v) is 2.63. The van der Waals surface area contributed by atoms with Crippen molar-refractivity contribution >= 4 is 17.7 Å². The quantitative estimate of drug-likeness (QED) is 0.685. The van der Waals surface area contributed by atoms with E-state index in [-0.39, 0.29) is 0 Å². The average molecular weight is 310 g/mol. The molecule has 0 bridgehead atoms. The molecule has 0 spiro atoms. The molecule has 0 radical (unpaired) electrons.